The molecule has 0 saturated carbocycles. The number of esters is 1. The zero-order valence-electron chi connectivity index (χ0n) is 14.9. The van der Waals surface area contributed by atoms with Crippen LogP contribution in [0.1, 0.15) is 5.56 Å². The predicted molar refractivity (Wildman–Crippen MR) is 93.8 cm³/mol. The summed E-state index contributed by atoms with van der Waals surface area (Å²) in [6.45, 7) is -1.54. The summed E-state index contributed by atoms with van der Waals surface area (Å²) in [6.07, 6.45) is -5.73. The van der Waals surface area contributed by atoms with Gasteiger partial charge >= 0.3 is 5.97 Å². The Morgan fingerprint density at radius 2 is 1.79 bits per heavy atom. The SMILES string of the molecule is O=C(C=Cc1ccc(O)cc1)OC(CO)COC1OC(CO)C(O)C(O)C1O. The van der Waals surface area contributed by atoms with E-state index < -0.39 is 56.0 Å². The van der Waals surface area contributed by atoms with E-state index in [1.165, 1.54) is 18.2 Å². The molecule has 1 fully saturated rings. The fourth-order valence-electron chi connectivity index (χ4n) is 2.48. The van der Waals surface area contributed by atoms with Crippen molar-refractivity contribution in [2.75, 3.05) is 19.8 Å². The van der Waals surface area contributed by atoms with Crippen LogP contribution in [-0.4, -0.2) is 93.2 Å². The smallest absolute Gasteiger partial charge is 0.331 e. The highest BCUT2D eigenvalue weighted by atomic mass is 16.7. The van der Waals surface area contributed by atoms with Gasteiger partial charge in [0.2, 0.25) is 0 Å². The third-order valence-corrected chi connectivity index (χ3v) is 4.09. The number of phenolic OH excluding ortho intramolecular Hbond substituents is 1. The molecular formula is C18H24O10. The Balaban J connectivity index is 1.86. The molecule has 0 spiro atoms. The maximum Gasteiger partial charge on any atom is 0.331 e. The molecule has 1 aromatic rings. The van der Waals surface area contributed by atoms with E-state index >= 15 is 0 Å². The first-order chi connectivity index (χ1) is 13.3. The average molecular weight is 400 g/mol. The van der Waals surface area contributed by atoms with Crippen molar-refractivity contribution >= 4 is 12.0 Å². The van der Waals surface area contributed by atoms with Gasteiger partial charge in [-0.05, 0) is 23.8 Å². The van der Waals surface area contributed by atoms with E-state index in [1.807, 2.05) is 0 Å². The molecule has 2 rings (SSSR count). The molecule has 6 unspecified atom stereocenters. The number of aromatic hydroxyl groups is 1. The number of benzene rings is 1. The molecule has 1 saturated heterocycles. The van der Waals surface area contributed by atoms with E-state index in [9.17, 15) is 30.3 Å². The fourth-order valence-corrected chi connectivity index (χ4v) is 2.48. The van der Waals surface area contributed by atoms with Crippen LogP contribution in [0.4, 0.5) is 0 Å². The van der Waals surface area contributed by atoms with Crippen LogP contribution in [0.3, 0.4) is 0 Å². The summed E-state index contributed by atoms with van der Waals surface area (Å²) >= 11 is 0. The van der Waals surface area contributed by atoms with E-state index in [2.05, 4.69) is 0 Å². The largest absolute Gasteiger partial charge is 0.508 e. The molecule has 0 amide bonds. The van der Waals surface area contributed by atoms with Crippen LogP contribution in [0.15, 0.2) is 30.3 Å². The summed E-state index contributed by atoms with van der Waals surface area (Å²) in [6, 6.07) is 6.08. The molecule has 156 valence electrons. The fraction of sp³-hybridized carbons (Fsp3) is 0.500. The van der Waals surface area contributed by atoms with Crippen LogP contribution in [0.5, 0.6) is 5.75 Å². The number of rotatable bonds is 8. The second kappa shape index (κ2) is 10.5. The number of carbonyl (C=O) groups excluding carboxylic acids is 1. The third kappa shape index (κ3) is 5.97. The lowest BCUT2D eigenvalue weighted by atomic mass is 9.99. The van der Waals surface area contributed by atoms with Crippen molar-refractivity contribution < 1.29 is 49.6 Å². The second-order valence-corrected chi connectivity index (χ2v) is 6.20. The van der Waals surface area contributed by atoms with E-state index in [-0.39, 0.29) is 12.4 Å². The number of phenols is 1. The molecule has 0 aliphatic carbocycles. The first kappa shape index (κ1) is 22.2. The highest BCUT2D eigenvalue weighted by molar-refractivity contribution is 5.87. The van der Waals surface area contributed by atoms with Crippen molar-refractivity contribution in [3.8, 4) is 5.75 Å². The molecule has 6 atom stereocenters. The summed E-state index contributed by atoms with van der Waals surface area (Å²) in [5.41, 5.74) is 0.646. The van der Waals surface area contributed by atoms with Crippen molar-refractivity contribution in [2.45, 2.75) is 36.8 Å². The normalized spacial score (nSPS) is 29.0. The zero-order valence-corrected chi connectivity index (χ0v) is 14.9. The standard InChI is InChI=1S/C18H24O10/c19-7-12(27-14(22)6-3-10-1-4-11(21)5-2-10)9-26-18-17(25)16(24)15(23)13(8-20)28-18/h1-6,12-13,15-21,23-25H,7-9H2. The zero-order chi connectivity index (χ0) is 20.7. The third-order valence-electron chi connectivity index (χ3n) is 4.09. The Morgan fingerprint density at radius 3 is 2.39 bits per heavy atom. The van der Waals surface area contributed by atoms with Gasteiger partial charge in [0.25, 0.3) is 0 Å². The Labute approximate surface area is 160 Å². The van der Waals surface area contributed by atoms with E-state index in [0.717, 1.165) is 6.08 Å². The molecule has 10 heteroatoms. The van der Waals surface area contributed by atoms with Gasteiger partial charge in [0.05, 0.1) is 19.8 Å². The molecule has 0 radical (unpaired) electrons. The van der Waals surface area contributed by atoms with Gasteiger partial charge in [0.15, 0.2) is 6.29 Å². The van der Waals surface area contributed by atoms with Crippen LogP contribution in [0.2, 0.25) is 0 Å². The van der Waals surface area contributed by atoms with Crippen LogP contribution in [-0.2, 0) is 19.0 Å². The van der Waals surface area contributed by atoms with Gasteiger partial charge in [-0.1, -0.05) is 12.1 Å². The summed E-state index contributed by atoms with van der Waals surface area (Å²) in [5.74, 6) is -0.671. The highest BCUT2D eigenvalue weighted by Gasteiger charge is 2.44. The first-order valence-corrected chi connectivity index (χ1v) is 8.56. The number of carbonyl (C=O) groups is 1. The van der Waals surface area contributed by atoms with E-state index in [0.29, 0.717) is 5.56 Å². The topological polar surface area (TPSA) is 166 Å². The maximum absolute atomic E-state index is 11.8. The van der Waals surface area contributed by atoms with Crippen molar-refractivity contribution in [1.29, 1.82) is 0 Å². The van der Waals surface area contributed by atoms with Gasteiger partial charge in [0, 0.05) is 6.08 Å². The summed E-state index contributed by atoms with van der Waals surface area (Å²) < 4.78 is 15.4. The quantitative estimate of drug-likeness (QED) is 0.215. The molecular weight excluding hydrogens is 376 g/mol. The monoisotopic (exact) mass is 400 g/mol. The van der Waals surface area contributed by atoms with Gasteiger partial charge in [-0.15, -0.1) is 0 Å². The number of hydrogen-bond donors (Lipinski definition) is 6. The molecule has 1 aliphatic heterocycles. The minimum Gasteiger partial charge on any atom is -0.508 e. The van der Waals surface area contributed by atoms with Gasteiger partial charge in [-0.25, -0.2) is 4.79 Å². The number of ether oxygens (including phenoxy) is 3. The summed E-state index contributed by atoms with van der Waals surface area (Å²) in [7, 11) is 0. The Hall–Kier alpha value is -2.05. The summed E-state index contributed by atoms with van der Waals surface area (Å²) in [5, 5.41) is 57.0. The van der Waals surface area contributed by atoms with Crippen molar-refractivity contribution in [1.82, 2.24) is 0 Å². The van der Waals surface area contributed by atoms with Crippen LogP contribution >= 0.6 is 0 Å². The predicted octanol–water partition coefficient (Wildman–Crippen LogP) is -1.87. The molecule has 1 aromatic carbocycles. The Morgan fingerprint density at radius 1 is 1.11 bits per heavy atom. The van der Waals surface area contributed by atoms with Crippen molar-refractivity contribution in [2.24, 2.45) is 0 Å². The average Bonchev–Trinajstić information content (AvgIpc) is 2.70. The lowest BCUT2D eigenvalue weighted by molar-refractivity contribution is -0.305. The molecule has 1 aliphatic rings. The Kier molecular flexibility index (Phi) is 8.33. The summed E-state index contributed by atoms with van der Waals surface area (Å²) in [4.78, 5) is 11.8. The van der Waals surface area contributed by atoms with Crippen LogP contribution < -0.4 is 0 Å². The van der Waals surface area contributed by atoms with Gasteiger partial charge < -0.3 is 44.8 Å². The second-order valence-electron chi connectivity index (χ2n) is 6.20. The van der Waals surface area contributed by atoms with Crippen molar-refractivity contribution in [3.05, 3.63) is 35.9 Å². The minimum absolute atomic E-state index is 0.0883. The molecule has 0 aromatic heterocycles. The lowest BCUT2D eigenvalue weighted by Gasteiger charge is -2.39. The van der Waals surface area contributed by atoms with E-state index in [4.69, 9.17) is 19.3 Å². The van der Waals surface area contributed by atoms with E-state index in [1.54, 1.807) is 12.1 Å². The molecule has 6 N–H and O–H groups in total. The number of aliphatic hydroxyl groups excluding tert-OH is 5. The number of aliphatic hydroxyl groups is 5. The first-order valence-electron chi connectivity index (χ1n) is 8.56. The van der Waals surface area contributed by atoms with Gasteiger partial charge in [-0.2, -0.15) is 0 Å². The Bertz CT molecular complexity index is 644. The molecule has 0 bridgehead atoms. The van der Waals surface area contributed by atoms with Crippen LogP contribution in [0.25, 0.3) is 6.08 Å². The minimum atomic E-state index is -1.60. The van der Waals surface area contributed by atoms with Gasteiger partial charge in [-0.3, -0.25) is 0 Å². The lowest BCUT2D eigenvalue weighted by Crippen LogP contribution is -2.59. The molecule has 28 heavy (non-hydrogen) atoms. The molecule has 10 nitrogen and oxygen atoms in total. The maximum atomic E-state index is 11.8. The van der Waals surface area contributed by atoms with Crippen molar-refractivity contribution in [3.63, 3.8) is 0 Å². The number of hydrogen-bond acceptors (Lipinski definition) is 10. The van der Waals surface area contributed by atoms with Gasteiger partial charge in [0.1, 0.15) is 36.3 Å². The molecule has 1 heterocycles. The highest BCUT2D eigenvalue weighted by Crippen LogP contribution is 2.22. The van der Waals surface area contributed by atoms with Crippen LogP contribution in [0, 0.1) is 0 Å².